The Morgan fingerprint density at radius 2 is 1.03 bits per heavy atom. The highest BCUT2D eigenvalue weighted by atomic mass is 32.1. The largest absolute Gasteiger partial charge is 0.405 e. The monoisotopic (exact) mass is 528 g/mol. The molecular formula is C27H36O5SSi2. The molecule has 0 atom stereocenters. The van der Waals surface area contributed by atoms with Gasteiger partial charge in [-0.05, 0) is 103 Å². The lowest BCUT2D eigenvalue weighted by Gasteiger charge is -2.31. The number of fused-ring (bicyclic) bond motifs is 2. The van der Waals surface area contributed by atoms with Gasteiger partial charge in [0.05, 0.1) is 0 Å². The van der Waals surface area contributed by atoms with Crippen LogP contribution < -0.4 is 5.43 Å². The van der Waals surface area contributed by atoms with Crippen LogP contribution in [0.2, 0.25) is 39.3 Å². The number of hydrogen-bond acceptors (Lipinski definition) is 6. The standard InChI is InChI=1S/C27H36O5SSi2/c1-26(2,31-34(5,6)7)24(29)17-11-13-21-19(15-17)23(28)20-16-18(12-14-22(20)33-21)25(30)27(3,4)32-35(8,9)10/h11-16H,1-10H3. The summed E-state index contributed by atoms with van der Waals surface area (Å²) in [4.78, 5) is 40.1. The third-order valence-electron chi connectivity index (χ3n) is 5.41. The topological polar surface area (TPSA) is 69.7 Å². The van der Waals surface area contributed by atoms with Gasteiger partial charge in [-0.1, -0.05) is 0 Å². The van der Waals surface area contributed by atoms with Crippen LogP contribution in [0.4, 0.5) is 0 Å². The van der Waals surface area contributed by atoms with E-state index in [9.17, 15) is 14.4 Å². The van der Waals surface area contributed by atoms with Crippen molar-refractivity contribution >= 4 is 59.7 Å². The summed E-state index contributed by atoms with van der Waals surface area (Å²) < 4.78 is 13.9. The Labute approximate surface area is 213 Å². The van der Waals surface area contributed by atoms with Crippen LogP contribution in [-0.2, 0) is 8.85 Å². The first-order valence-electron chi connectivity index (χ1n) is 11.8. The number of benzene rings is 2. The lowest BCUT2D eigenvalue weighted by molar-refractivity contribution is 0.0557. The number of carbonyl (C=O) groups excluding carboxylic acids is 2. The Hall–Kier alpha value is -1.98. The highest BCUT2D eigenvalue weighted by Gasteiger charge is 2.36. The van der Waals surface area contributed by atoms with Gasteiger partial charge >= 0.3 is 0 Å². The van der Waals surface area contributed by atoms with Crippen LogP contribution in [0.25, 0.3) is 20.2 Å². The molecule has 0 aliphatic carbocycles. The maximum atomic E-state index is 13.5. The van der Waals surface area contributed by atoms with E-state index >= 15 is 0 Å². The SMILES string of the molecule is CC(C)(O[Si](C)(C)C)C(=O)c1ccc2sc3ccc(C(=O)C(C)(C)O[Si](C)(C)C)cc3c(=O)c2c1. The van der Waals surface area contributed by atoms with Crippen LogP contribution in [-0.4, -0.2) is 39.4 Å². The molecule has 0 saturated heterocycles. The molecule has 5 nitrogen and oxygen atoms in total. The fraction of sp³-hybridized carbons (Fsp3) is 0.444. The van der Waals surface area contributed by atoms with Crippen LogP contribution in [0.15, 0.2) is 41.2 Å². The molecule has 0 aliphatic heterocycles. The summed E-state index contributed by atoms with van der Waals surface area (Å²) in [5.41, 5.74) is -1.26. The van der Waals surface area contributed by atoms with Crippen LogP contribution in [0.1, 0.15) is 48.4 Å². The fourth-order valence-electron chi connectivity index (χ4n) is 4.46. The van der Waals surface area contributed by atoms with E-state index in [1.165, 1.54) is 11.3 Å². The lowest BCUT2D eigenvalue weighted by Crippen LogP contribution is -2.44. The highest BCUT2D eigenvalue weighted by Crippen LogP contribution is 2.30. The second-order valence-electron chi connectivity index (χ2n) is 12.0. The van der Waals surface area contributed by atoms with Gasteiger partial charge in [-0.15, -0.1) is 11.3 Å². The first-order valence-corrected chi connectivity index (χ1v) is 19.4. The fourth-order valence-corrected chi connectivity index (χ4v) is 8.74. The number of carbonyl (C=O) groups is 2. The molecule has 0 N–H and O–H groups in total. The minimum Gasteiger partial charge on any atom is -0.405 e. The number of Topliss-reactive ketones (excluding diaryl/α,β-unsaturated/α-hetero) is 2. The van der Waals surface area contributed by atoms with Crippen molar-refractivity contribution in [1.29, 1.82) is 0 Å². The van der Waals surface area contributed by atoms with E-state index in [0.717, 1.165) is 9.40 Å². The zero-order valence-corrected chi connectivity index (χ0v) is 25.2. The predicted octanol–water partition coefficient (Wildman–Crippen LogP) is 7.04. The zero-order chi connectivity index (χ0) is 26.6. The van der Waals surface area contributed by atoms with Crippen molar-refractivity contribution in [1.82, 2.24) is 0 Å². The van der Waals surface area contributed by atoms with Crippen molar-refractivity contribution in [3.05, 3.63) is 57.7 Å². The van der Waals surface area contributed by atoms with Crippen LogP contribution in [0.5, 0.6) is 0 Å². The Balaban J connectivity index is 2.09. The summed E-state index contributed by atoms with van der Waals surface area (Å²) in [6.45, 7) is 19.4. The van der Waals surface area contributed by atoms with Crippen LogP contribution >= 0.6 is 11.3 Å². The molecule has 188 valence electrons. The Morgan fingerprint density at radius 3 is 1.34 bits per heavy atom. The van der Waals surface area contributed by atoms with Crippen molar-refractivity contribution in [2.24, 2.45) is 0 Å². The first kappa shape index (κ1) is 27.6. The Morgan fingerprint density at radius 1 is 0.686 bits per heavy atom. The summed E-state index contributed by atoms with van der Waals surface area (Å²) in [6, 6.07) is 10.5. The Kier molecular flexibility index (Phi) is 7.22. The molecular weight excluding hydrogens is 493 g/mol. The van der Waals surface area contributed by atoms with Gasteiger partial charge in [-0.25, -0.2) is 0 Å². The first-order chi connectivity index (χ1) is 15.8. The van der Waals surface area contributed by atoms with Gasteiger partial charge in [0.15, 0.2) is 33.6 Å². The smallest absolute Gasteiger partial charge is 0.195 e. The van der Waals surface area contributed by atoms with E-state index in [0.29, 0.717) is 21.9 Å². The molecule has 2 aromatic carbocycles. The number of hydrogen-bond donors (Lipinski definition) is 0. The molecule has 3 rings (SSSR count). The van der Waals surface area contributed by atoms with Crippen molar-refractivity contribution in [2.75, 3.05) is 0 Å². The number of rotatable bonds is 8. The maximum absolute atomic E-state index is 13.5. The third-order valence-corrected chi connectivity index (χ3v) is 8.81. The quantitative estimate of drug-likeness (QED) is 0.178. The van der Waals surface area contributed by atoms with E-state index < -0.39 is 27.8 Å². The van der Waals surface area contributed by atoms with Crippen molar-refractivity contribution in [3.63, 3.8) is 0 Å². The average Bonchev–Trinajstić information content (AvgIpc) is 2.69. The Bertz CT molecular complexity index is 1270. The van der Waals surface area contributed by atoms with Gasteiger partial charge in [0.2, 0.25) is 0 Å². The van der Waals surface area contributed by atoms with E-state index in [-0.39, 0.29) is 17.0 Å². The van der Waals surface area contributed by atoms with Gasteiger partial charge < -0.3 is 8.85 Å². The van der Waals surface area contributed by atoms with Gasteiger partial charge in [-0.2, -0.15) is 0 Å². The van der Waals surface area contributed by atoms with Crippen molar-refractivity contribution in [3.8, 4) is 0 Å². The molecule has 0 saturated carbocycles. The second-order valence-corrected chi connectivity index (χ2v) is 21.9. The van der Waals surface area contributed by atoms with Crippen molar-refractivity contribution in [2.45, 2.75) is 78.2 Å². The van der Waals surface area contributed by atoms with E-state index in [1.54, 1.807) is 52.0 Å². The van der Waals surface area contributed by atoms with Crippen molar-refractivity contribution < 1.29 is 18.4 Å². The second kappa shape index (κ2) is 9.15. The molecule has 0 unspecified atom stereocenters. The summed E-state index contributed by atoms with van der Waals surface area (Å²) in [6.07, 6.45) is 0. The maximum Gasteiger partial charge on any atom is 0.195 e. The molecule has 0 spiro atoms. The highest BCUT2D eigenvalue weighted by molar-refractivity contribution is 7.24. The van der Waals surface area contributed by atoms with Crippen LogP contribution in [0, 0.1) is 0 Å². The minimum atomic E-state index is -1.96. The molecule has 0 bridgehead atoms. The molecule has 1 aromatic heterocycles. The van der Waals surface area contributed by atoms with Gasteiger partial charge in [0, 0.05) is 31.3 Å². The molecule has 3 aromatic rings. The zero-order valence-electron chi connectivity index (χ0n) is 22.4. The minimum absolute atomic E-state index is 0.152. The average molecular weight is 529 g/mol. The van der Waals surface area contributed by atoms with Gasteiger partial charge in [0.1, 0.15) is 11.2 Å². The third kappa shape index (κ3) is 6.24. The van der Waals surface area contributed by atoms with E-state index in [4.69, 9.17) is 8.85 Å². The molecule has 8 heteroatoms. The molecule has 1 heterocycles. The molecule has 0 fully saturated rings. The summed E-state index contributed by atoms with van der Waals surface area (Å²) >= 11 is 1.47. The van der Waals surface area contributed by atoms with E-state index in [1.807, 2.05) is 51.4 Å². The number of ketones is 2. The lowest BCUT2D eigenvalue weighted by atomic mass is 9.95. The van der Waals surface area contributed by atoms with Crippen LogP contribution in [0.3, 0.4) is 0 Å². The van der Waals surface area contributed by atoms with E-state index in [2.05, 4.69) is 0 Å². The summed E-state index contributed by atoms with van der Waals surface area (Å²) in [5, 5.41) is 0.943. The normalized spacial score (nSPS) is 13.4. The molecule has 0 amide bonds. The summed E-state index contributed by atoms with van der Waals surface area (Å²) in [7, 11) is -3.91. The molecule has 0 aliphatic rings. The van der Waals surface area contributed by atoms with Gasteiger partial charge in [0.25, 0.3) is 0 Å². The molecule has 0 radical (unpaired) electrons. The predicted molar refractivity (Wildman–Crippen MR) is 151 cm³/mol. The molecule has 35 heavy (non-hydrogen) atoms. The van der Waals surface area contributed by atoms with Gasteiger partial charge in [-0.3, -0.25) is 14.4 Å². The summed E-state index contributed by atoms with van der Waals surface area (Å²) in [5.74, 6) is -0.305.